The van der Waals surface area contributed by atoms with Crippen LogP contribution >= 0.6 is 0 Å². The number of sulfonamides is 1. The third kappa shape index (κ3) is 3.88. The van der Waals surface area contributed by atoms with Crippen molar-refractivity contribution in [1.29, 1.82) is 0 Å². The lowest BCUT2D eigenvalue weighted by Crippen LogP contribution is -2.12. The predicted molar refractivity (Wildman–Crippen MR) is 99.3 cm³/mol. The maximum absolute atomic E-state index is 12.4. The molecule has 28 heavy (non-hydrogen) atoms. The van der Waals surface area contributed by atoms with Crippen LogP contribution in [0.1, 0.15) is 0 Å². The van der Waals surface area contributed by atoms with Crippen molar-refractivity contribution in [3.63, 3.8) is 0 Å². The molecule has 0 atom stereocenters. The van der Waals surface area contributed by atoms with Crippen LogP contribution in [0.2, 0.25) is 0 Å². The van der Waals surface area contributed by atoms with E-state index in [1.807, 2.05) is 0 Å². The van der Waals surface area contributed by atoms with Crippen molar-refractivity contribution in [3.05, 3.63) is 64.7 Å². The van der Waals surface area contributed by atoms with E-state index in [-0.39, 0.29) is 27.0 Å². The minimum Gasteiger partial charge on any atom is -0.507 e. The average Bonchev–Trinajstić information content (AvgIpc) is 2.61. The summed E-state index contributed by atoms with van der Waals surface area (Å²) in [5.74, 6) is -0.471. The van der Waals surface area contributed by atoms with Gasteiger partial charge in [-0.2, -0.15) is 8.42 Å². The number of phenolic OH excluding ortho intramolecular Hbond substituents is 1. The maximum atomic E-state index is 12.4. The maximum Gasteiger partial charge on any atom is 0.294 e. The van der Waals surface area contributed by atoms with Crippen LogP contribution in [0.3, 0.4) is 0 Å². The van der Waals surface area contributed by atoms with E-state index in [1.54, 1.807) is 0 Å². The zero-order valence-electron chi connectivity index (χ0n) is 13.8. The first kappa shape index (κ1) is 19.5. The van der Waals surface area contributed by atoms with Gasteiger partial charge < -0.3 is 5.11 Å². The normalized spacial score (nSPS) is 12.0. The van der Waals surface area contributed by atoms with E-state index in [0.29, 0.717) is 0 Å². The van der Waals surface area contributed by atoms with E-state index in [4.69, 9.17) is 4.55 Å². The van der Waals surface area contributed by atoms with Gasteiger partial charge in [-0.3, -0.25) is 19.4 Å². The molecule has 0 amide bonds. The van der Waals surface area contributed by atoms with Crippen molar-refractivity contribution < 1.29 is 31.4 Å². The number of nitrogens with zero attached hydrogens (tertiary/aromatic N) is 1. The number of nitro groups is 1. The number of anilines is 1. The molecule has 0 spiro atoms. The molecule has 3 aromatic carbocycles. The second-order valence-corrected chi connectivity index (χ2v) is 8.81. The van der Waals surface area contributed by atoms with Crippen LogP contribution < -0.4 is 4.72 Å². The number of fused-ring (bicyclic) bond motifs is 1. The molecule has 0 aliphatic heterocycles. The monoisotopic (exact) mass is 424 g/mol. The molecule has 12 heteroatoms. The van der Waals surface area contributed by atoms with Gasteiger partial charge in [-0.05, 0) is 35.7 Å². The van der Waals surface area contributed by atoms with Gasteiger partial charge in [-0.1, -0.05) is 6.07 Å². The Hall–Kier alpha value is -3.22. The minimum atomic E-state index is -4.52. The Morgan fingerprint density at radius 1 is 0.893 bits per heavy atom. The van der Waals surface area contributed by atoms with Gasteiger partial charge in [0.25, 0.3) is 25.8 Å². The van der Waals surface area contributed by atoms with Crippen molar-refractivity contribution in [2.45, 2.75) is 9.79 Å². The topological polar surface area (TPSA) is 164 Å². The molecule has 3 aromatic rings. The third-order valence-corrected chi connectivity index (χ3v) is 6.04. The van der Waals surface area contributed by atoms with Crippen molar-refractivity contribution in [2.75, 3.05) is 4.72 Å². The van der Waals surface area contributed by atoms with Gasteiger partial charge in [-0.15, -0.1) is 0 Å². The number of nitro benzene ring substituents is 1. The largest absolute Gasteiger partial charge is 0.507 e. The molecular weight excluding hydrogens is 412 g/mol. The van der Waals surface area contributed by atoms with Crippen LogP contribution in [-0.2, 0) is 20.1 Å². The molecule has 10 nitrogen and oxygen atoms in total. The Kier molecular flexibility index (Phi) is 4.71. The van der Waals surface area contributed by atoms with Crippen molar-refractivity contribution >= 4 is 42.3 Å². The molecule has 0 saturated carbocycles. The van der Waals surface area contributed by atoms with E-state index in [2.05, 4.69) is 4.72 Å². The number of hydrogen-bond donors (Lipinski definition) is 3. The Morgan fingerprint density at radius 3 is 2.11 bits per heavy atom. The highest BCUT2D eigenvalue weighted by Crippen LogP contribution is 2.31. The Morgan fingerprint density at radius 2 is 1.54 bits per heavy atom. The molecule has 0 aliphatic carbocycles. The van der Waals surface area contributed by atoms with Crippen molar-refractivity contribution in [3.8, 4) is 5.75 Å². The summed E-state index contributed by atoms with van der Waals surface area (Å²) in [6.45, 7) is 0. The molecule has 0 saturated heterocycles. The highest BCUT2D eigenvalue weighted by Gasteiger charge is 2.18. The molecule has 3 N–H and O–H groups in total. The summed E-state index contributed by atoms with van der Waals surface area (Å²) in [6, 6.07) is 10.2. The number of hydrogen-bond acceptors (Lipinski definition) is 7. The van der Waals surface area contributed by atoms with E-state index in [9.17, 15) is 32.1 Å². The summed E-state index contributed by atoms with van der Waals surface area (Å²) in [6.07, 6.45) is 0. The summed E-state index contributed by atoms with van der Waals surface area (Å²) in [5.41, 5.74) is -0.190. The lowest BCUT2D eigenvalue weighted by molar-refractivity contribution is -0.384. The second kappa shape index (κ2) is 6.74. The van der Waals surface area contributed by atoms with Gasteiger partial charge in [0.2, 0.25) is 0 Å². The summed E-state index contributed by atoms with van der Waals surface area (Å²) in [5, 5.41) is 21.1. The van der Waals surface area contributed by atoms with E-state index in [1.165, 1.54) is 18.2 Å². The van der Waals surface area contributed by atoms with Gasteiger partial charge >= 0.3 is 0 Å². The lowest BCUT2D eigenvalue weighted by Gasteiger charge is -2.10. The first-order valence-electron chi connectivity index (χ1n) is 7.49. The van der Waals surface area contributed by atoms with Crippen LogP contribution in [0.25, 0.3) is 10.8 Å². The minimum absolute atomic E-state index is 0.0701. The quantitative estimate of drug-likeness (QED) is 0.319. The number of benzene rings is 3. The van der Waals surface area contributed by atoms with Gasteiger partial charge in [0.1, 0.15) is 5.75 Å². The van der Waals surface area contributed by atoms with Gasteiger partial charge in [-0.25, -0.2) is 8.42 Å². The molecule has 3 rings (SSSR count). The number of nitrogens with one attached hydrogen (secondary N) is 1. The average molecular weight is 424 g/mol. The molecule has 0 radical (unpaired) electrons. The first-order valence-corrected chi connectivity index (χ1v) is 10.4. The van der Waals surface area contributed by atoms with E-state index >= 15 is 0 Å². The SMILES string of the molecule is O=[N+]([O-])c1ccc(S(=O)(=O)Nc2ccc3cc(S(=O)(=O)O)cc(O)c3c2)cc1. The highest BCUT2D eigenvalue weighted by molar-refractivity contribution is 7.92. The van der Waals surface area contributed by atoms with Gasteiger partial charge in [0.15, 0.2) is 0 Å². The van der Waals surface area contributed by atoms with E-state index < -0.39 is 35.7 Å². The predicted octanol–water partition coefficient (Wildman–Crippen LogP) is 2.50. The number of rotatable bonds is 5. The summed E-state index contributed by atoms with van der Waals surface area (Å²) in [4.78, 5) is 9.30. The molecular formula is C16H12N2O8S2. The fraction of sp³-hybridized carbons (Fsp3) is 0. The summed E-state index contributed by atoms with van der Waals surface area (Å²) < 4.78 is 58.7. The Labute approximate surface area is 159 Å². The molecule has 0 unspecified atom stereocenters. The molecule has 146 valence electrons. The van der Waals surface area contributed by atoms with Gasteiger partial charge in [0.05, 0.1) is 14.7 Å². The van der Waals surface area contributed by atoms with E-state index in [0.717, 1.165) is 36.4 Å². The van der Waals surface area contributed by atoms with Crippen LogP contribution in [0.5, 0.6) is 5.75 Å². The number of aromatic hydroxyl groups is 1. The zero-order chi connectivity index (χ0) is 20.7. The van der Waals surface area contributed by atoms with Crippen LogP contribution in [0.15, 0.2) is 64.4 Å². The van der Waals surface area contributed by atoms with Gasteiger partial charge in [0, 0.05) is 29.3 Å². The molecule has 0 fully saturated rings. The van der Waals surface area contributed by atoms with Crippen molar-refractivity contribution in [2.24, 2.45) is 0 Å². The van der Waals surface area contributed by atoms with Crippen LogP contribution in [0, 0.1) is 10.1 Å². The molecule has 0 heterocycles. The summed E-state index contributed by atoms with van der Waals surface area (Å²) >= 11 is 0. The molecule has 0 aliphatic rings. The Balaban J connectivity index is 1.97. The van der Waals surface area contributed by atoms with Crippen LogP contribution in [0.4, 0.5) is 11.4 Å². The summed E-state index contributed by atoms with van der Waals surface area (Å²) in [7, 11) is -8.58. The smallest absolute Gasteiger partial charge is 0.294 e. The second-order valence-electron chi connectivity index (χ2n) is 5.71. The standard InChI is InChI=1S/C16H12N2O8S2/c19-16-9-14(28(24,25)26)7-10-1-2-11(8-15(10)16)17-27(22,23)13-5-3-12(4-6-13)18(20)21/h1-9,17,19H,(H,24,25,26). The fourth-order valence-corrected chi connectivity index (χ4v) is 4.07. The van der Waals surface area contributed by atoms with Crippen LogP contribution in [-0.4, -0.2) is 31.4 Å². The number of non-ortho nitro benzene ring substituents is 1. The molecule has 0 bridgehead atoms. The fourth-order valence-electron chi connectivity index (χ4n) is 2.48. The zero-order valence-corrected chi connectivity index (χ0v) is 15.4. The first-order chi connectivity index (χ1) is 13.0. The van der Waals surface area contributed by atoms with Crippen molar-refractivity contribution in [1.82, 2.24) is 0 Å². The highest BCUT2D eigenvalue weighted by atomic mass is 32.2. The lowest BCUT2D eigenvalue weighted by atomic mass is 10.1. The number of phenols is 1. The molecule has 0 aromatic heterocycles. The third-order valence-electron chi connectivity index (χ3n) is 3.81. The Bertz CT molecular complexity index is 1300.